The highest BCUT2D eigenvalue weighted by Gasteiger charge is 2.46. The summed E-state index contributed by atoms with van der Waals surface area (Å²) >= 11 is 0. The highest BCUT2D eigenvalue weighted by atomic mass is 32.2. The topological polar surface area (TPSA) is 41.7 Å². The molecule has 2 rings (SSSR count). The zero-order valence-electron chi connectivity index (χ0n) is 17.5. The van der Waals surface area contributed by atoms with E-state index in [0.717, 1.165) is 38.0 Å². The zero-order chi connectivity index (χ0) is 20.3. The minimum atomic E-state index is -3.08. The quantitative estimate of drug-likeness (QED) is 0.669. The summed E-state index contributed by atoms with van der Waals surface area (Å²) < 4.78 is 24.4. The van der Waals surface area contributed by atoms with Crippen LogP contribution in [0.1, 0.15) is 58.6 Å². The summed E-state index contributed by atoms with van der Waals surface area (Å²) in [5.74, 6) is 0.108. The molecule has 27 heavy (non-hydrogen) atoms. The summed E-state index contributed by atoms with van der Waals surface area (Å²) in [5, 5.41) is -0.351. The second kappa shape index (κ2) is 8.32. The second-order valence-electron chi connectivity index (χ2n) is 9.30. The molecule has 4 nitrogen and oxygen atoms in total. The Bertz CT molecular complexity index is 777. The molecule has 1 aliphatic rings. The lowest BCUT2D eigenvalue weighted by Gasteiger charge is -2.46. The molecule has 1 aromatic rings. The van der Waals surface area contributed by atoms with Crippen molar-refractivity contribution >= 4 is 9.84 Å². The van der Waals surface area contributed by atoms with Gasteiger partial charge in [0, 0.05) is 12.0 Å². The first kappa shape index (κ1) is 21.9. The van der Waals surface area contributed by atoms with Crippen molar-refractivity contribution in [3.63, 3.8) is 0 Å². The number of likely N-dealkylation sites (tertiary alicyclic amines) is 1. The van der Waals surface area contributed by atoms with Crippen LogP contribution < -0.4 is 0 Å². The molecule has 0 aromatic heterocycles. The average molecular weight is 391 g/mol. The van der Waals surface area contributed by atoms with Gasteiger partial charge in [0.1, 0.15) is 0 Å². The third-order valence-electron chi connectivity index (χ3n) is 6.27. The fourth-order valence-electron chi connectivity index (χ4n) is 3.91. The van der Waals surface area contributed by atoms with Gasteiger partial charge in [0.15, 0.2) is 9.84 Å². The number of hydrogen-bond donors (Lipinski definition) is 0. The van der Waals surface area contributed by atoms with E-state index in [1.54, 1.807) is 13.8 Å². The van der Waals surface area contributed by atoms with Crippen LogP contribution in [0.25, 0.3) is 4.85 Å². The molecule has 0 unspecified atom stereocenters. The Balaban J connectivity index is 2.04. The third-order valence-corrected chi connectivity index (χ3v) is 8.44. The van der Waals surface area contributed by atoms with E-state index in [4.69, 9.17) is 6.57 Å². The minimum Gasteiger partial charge on any atom is -0.316 e. The molecule has 0 radical (unpaired) electrons. The Morgan fingerprint density at radius 3 is 2.30 bits per heavy atom. The fraction of sp³-hybridized carbons (Fsp3) is 0.682. The van der Waals surface area contributed by atoms with Gasteiger partial charge in [-0.15, -0.1) is 0 Å². The lowest BCUT2D eigenvalue weighted by molar-refractivity contribution is 0.0173. The van der Waals surface area contributed by atoms with Crippen LogP contribution in [0, 0.1) is 17.4 Å². The monoisotopic (exact) mass is 390 g/mol. The van der Waals surface area contributed by atoms with Gasteiger partial charge in [-0.25, -0.2) is 15.0 Å². The molecule has 0 amide bonds. The third kappa shape index (κ3) is 5.33. The van der Waals surface area contributed by atoms with Crippen LogP contribution in [-0.2, 0) is 22.1 Å². The van der Waals surface area contributed by atoms with Crippen molar-refractivity contribution in [1.29, 1.82) is 0 Å². The van der Waals surface area contributed by atoms with Gasteiger partial charge in [-0.2, -0.15) is 0 Å². The second-order valence-corrected chi connectivity index (χ2v) is 11.9. The van der Waals surface area contributed by atoms with Crippen molar-refractivity contribution < 1.29 is 8.42 Å². The van der Waals surface area contributed by atoms with E-state index in [1.807, 2.05) is 18.2 Å². The van der Waals surface area contributed by atoms with Crippen molar-refractivity contribution in [2.45, 2.75) is 65.0 Å². The van der Waals surface area contributed by atoms with E-state index in [9.17, 15) is 8.42 Å². The van der Waals surface area contributed by atoms with Gasteiger partial charge in [0.25, 0.3) is 0 Å². The molecule has 150 valence electrons. The van der Waals surface area contributed by atoms with E-state index in [2.05, 4.69) is 36.6 Å². The highest BCUT2D eigenvalue weighted by molar-refractivity contribution is 7.91. The van der Waals surface area contributed by atoms with Gasteiger partial charge >= 0.3 is 0 Å². The lowest BCUT2D eigenvalue weighted by atomic mass is 9.61. The highest BCUT2D eigenvalue weighted by Crippen LogP contribution is 2.47. The molecule has 1 heterocycles. The van der Waals surface area contributed by atoms with Crippen LogP contribution in [-0.4, -0.2) is 38.2 Å². The predicted octanol–water partition coefficient (Wildman–Crippen LogP) is 4.56. The van der Waals surface area contributed by atoms with Crippen molar-refractivity contribution in [3.8, 4) is 0 Å². The van der Waals surface area contributed by atoms with Gasteiger partial charge in [-0.3, -0.25) is 4.90 Å². The summed E-state index contributed by atoms with van der Waals surface area (Å²) in [7, 11) is -3.08. The van der Waals surface area contributed by atoms with Crippen LogP contribution in [0.5, 0.6) is 0 Å². The van der Waals surface area contributed by atoms with Crippen molar-refractivity contribution in [2.75, 3.05) is 19.6 Å². The Hall–Kier alpha value is -1.38. The maximum absolute atomic E-state index is 12.2. The Labute approximate surface area is 165 Å². The van der Waals surface area contributed by atoms with Gasteiger partial charge in [0.2, 0.25) is 6.54 Å². The smallest absolute Gasteiger partial charge is 0.220 e. The van der Waals surface area contributed by atoms with Crippen molar-refractivity contribution in [2.24, 2.45) is 10.8 Å². The van der Waals surface area contributed by atoms with Gasteiger partial charge in [0.05, 0.1) is 11.0 Å². The van der Waals surface area contributed by atoms with E-state index < -0.39 is 9.84 Å². The maximum Gasteiger partial charge on any atom is 0.220 e. The fourth-order valence-corrected chi connectivity index (χ4v) is 4.89. The Morgan fingerprint density at radius 1 is 1.19 bits per heavy atom. The van der Waals surface area contributed by atoms with Crippen LogP contribution in [0.15, 0.2) is 24.3 Å². The van der Waals surface area contributed by atoms with Crippen LogP contribution in [0.4, 0.5) is 0 Å². The number of benzene rings is 1. The van der Waals surface area contributed by atoms with Crippen LogP contribution >= 0.6 is 0 Å². The maximum atomic E-state index is 12.2. The standard InChI is InChI=1S/C22H34N2O2S/c1-18(2)27(25,26)16-20-9-7-8-19(14-20)15-24-12-10-22(11-13-24,17-23-6)21(3,4)5/h7-9,14,18H,10-13,15-17H2,1-5H3. The first-order valence-electron chi connectivity index (χ1n) is 9.84. The molecule has 1 aromatic carbocycles. The Kier molecular flexibility index (Phi) is 6.76. The van der Waals surface area contributed by atoms with Gasteiger partial charge in [-0.05, 0) is 56.3 Å². The minimum absolute atomic E-state index is 0.0957. The SMILES string of the molecule is [C-]#[N+]CC1(C(C)(C)C)CCN(Cc2cccc(CS(=O)(=O)C(C)C)c2)CC1. The average Bonchev–Trinajstić information content (AvgIpc) is 2.56. The molecule has 0 N–H and O–H groups in total. The van der Waals surface area contributed by atoms with Gasteiger partial charge < -0.3 is 4.85 Å². The lowest BCUT2D eigenvalue weighted by Crippen LogP contribution is -2.47. The first-order chi connectivity index (χ1) is 12.5. The van der Waals surface area contributed by atoms with Crippen molar-refractivity contribution in [1.82, 2.24) is 4.90 Å². The van der Waals surface area contributed by atoms with Crippen molar-refractivity contribution in [3.05, 3.63) is 46.8 Å². The number of piperidine rings is 1. The van der Waals surface area contributed by atoms with Gasteiger partial charge in [-0.1, -0.05) is 45.0 Å². The molecule has 0 saturated carbocycles. The van der Waals surface area contributed by atoms with E-state index in [0.29, 0.717) is 6.54 Å². The molecular weight excluding hydrogens is 356 g/mol. The van der Waals surface area contributed by atoms with E-state index in [-0.39, 0.29) is 21.8 Å². The molecule has 0 spiro atoms. The summed E-state index contributed by atoms with van der Waals surface area (Å²) in [6, 6.07) is 7.98. The molecule has 5 heteroatoms. The number of hydrogen-bond acceptors (Lipinski definition) is 3. The number of rotatable bonds is 6. The van der Waals surface area contributed by atoms with E-state index >= 15 is 0 Å². The molecule has 1 fully saturated rings. The summed E-state index contributed by atoms with van der Waals surface area (Å²) in [4.78, 5) is 6.18. The molecular formula is C22H34N2O2S. The van der Waals surface area contributed by atoms with E-state index in [1.165, 1.54) is 5.56 Å². The summed E-state index contributed by atoms with van der Waals surface area (Å²) in [6.07, 6.45) is 2.08. The molecule has 1 saturated heterocycles. The molecule has 0 bridgehead atoms. The summed E-state index contributed by atoms with van der Waals surface area (Å²) in [5.41, 5.74) is 2.27. The predicted molar refractivity (Wildman–Crippen MR) is 112 cm³/mol. The normalized spacial score (nSPS) is 18.4. The number of nitrogens with zero attached hydrogens (tertiary/aromatic N) is 2. The largest absolute Gasteiger partial charge is 0.316 e. The summed E-state index contributed by atoms with van der Waals surface area (Å²) in [6.45, 7) is 21.0. The molecule has 0 aliphatic carbocycles. The molecule has 1 aliphatic heterocycles. The van der Waals surface area contributed by atoms with Crippen LogP contribution in [0.2, 0.25) is 0 Å². The zero-order valence-corrected chi connectivity index (χ0v) is 18.3. The molecule has 0 atom stereocenters. The number of sulfone groups is 1. The van der Waals surface area contributed by atoms with Crippen LogP contribution in [0.3, 0.4) is 0 Å². The first-order valence-corrected chi connectivity index (χ1v) is 11.6. The Morgan fingerprint density at radius 2 is 1.78 bits per heavy atom.